The molecule has 0 unspecified atom stereocenters. The molecule has 0 saturated carbocycles. The third kappa shape index (κ3) is 4.74. The normalized spacial score (nSPS) is 10.7. The van der Waals surface area contributed by atoms with Gasteiger partial charge in [0.1, 0.15) is 5.75 Å². The molecule has 0 aliphatic carbocycles. The largest absolute Gasteiger partial charge is 0.507 e. The molecule has 0 spiro atoms. The molecule has 0 aromatic heterocycles. The Morgan fingerprint density at radius 1 is 1.12 bits per heavy atom. The average molecular weight is 326 g/mol. The fraction of sp³-hybridized carbons (Fsp3) is 0.222. The zero-order valence-electron chi connectivity index (χ0n) is 13.3. The minimum Gasteiger partial charge on any atom is -0.507 e. The summed E-state index contributed by atoms with van der Waals surface area (Å²) in [6.07, 6.45) is 2.36. The summed E-state index contributed by atoms with van der Waals surface area (Å²) < 4.78 is 5.12. The lowest BCUT2D eigenvalue weighted by atomic mass is 10.2. The van der Waals surface area contributed by atoms with Crippen molar-refractivity contribution in [2.75, 3.05) is 6.61 Å². The van der Waals surface area contributed by atoms with Crippen molar-refractivity contribution in [3.63, 3.8) is 0 Å². The van der Waals surface area contributed by atoms with Crippen LogP contribution in [0.2, 0.25) is 0 Å². The minimum atomic E-state index is -0.360. The smallest absolute Gasteiger partial charge is 0.338 e. The molecule has 0 amide bonds. The Hall–Kier alpha value is -3.02. The number of nitrogens with zero attached hydrogens (tertiary/aromatic N) is 2. The highest BCUT2D eigenvalue weighted by atomic mass is 16.5. The Kier molecular flexibility index (Phi) is 6.19. The van der Waals surface area contributed by atoms with E-state index in [0.29, 0.717) is 29.8 Å². The van der Waals surface area contributed by atoms with Crippen molar-refractivity contribution in [1.29, 1.82) is 0 Å². The number of rotatable bonds is 7. The van der Waals surface area contributed by atoms with Crippen LogP contribution in [0, 0.1) is 0 Å². The zero-order chi connectivity index (χ0) is 17.4. The average Bonchev–Trinajstić information content (AvgIpc) is 2.61. The van der Waals surface area contributed by atoms with Gasteiger partial charge in [0.2, 0.25) is 0 Å². The molecule has 0 atom stereocenters. The van der Waals surface area contributed by atoms with E-state index in [1.165, 1.54) is 12.1 Å². The van der Waals surface area contributed by atoms with E-state index in [1.807, 2.05) is 6.92 Å². The van der Waals surface area contributed by atoms with E-state index in [-0.39, 0.29) is 17.3 Å². The summed E-state index contributed by atoms with van der Waals surface area (Å²) in [4.78, 5) is 22.6. The number of aromatic hydroxyl groups is 1. The number of esters is 1. The molecule has 2 aromatic rings. The van der Waals surface area contributed by atoms with Gasteiger partial charge in [0.25, 0.3) is 0 Å². The first-order valence-electron chi connectivity index (χ1n) is 7.61. The molecule has 0 aliphatic rings. The van der Waals surface area contributed by atoms with Crippen molar-refractivity contribution >= 4 is 23.6 Å². The maximum Gasteiger partial charge on any atom is 0.338 e. The lowest BCUT2D eigenvalue weighted by Gasteiger charge is -2.03. The highest BCUT2D eigenvalue weighted by molar-refractivity contribution is 5.89. The van der Waals surface area contributed by atoms with Crippen molar-refractivity contribution in [2.45, 2.75) is 19.8 Å². The Balaban J connectivity index is 2.03. The number of azo groups is 1. The second-order valence-corrected chi connectivity index (χ2v) is 5.10. The quantitative estimate of drug-likeness (QED) is 0.349. The molecule has 2 aromatic carbocycles. The van der Waals surface area contributed by atoms with Crippen LogP contribution in [0.25, 0.3) is 0 Å². The van der Waals surface area contributed by atoms with E-state index in [4.69, 9.17) is 4.74 Å². The van der Waals surface area contributed by atoms with Gasteiger partial charge in [-0.15, -0.1) is 0 Å². The van der Waals surface area contributed by atoms with Crippen molar-refractivity contribution in [2.24, 2.45) is 10.2 Å². The number of benzene rings is 2. The van der Waals surface area contributed by atoms with Gasteiger partial charge in [0, 0.05) is 0 Å². The highest BCUT2D eigenvalue weighted by Gasteiger charge is 2.06. The highest BCUT2D eigenvalue weighted by Crippen LogP contribution is 2.24. The van der Waals surface area contributed by atoms with Crippen LogP contribution in [0.1, 0.15) is 40.5 Å². The van der Waals surface area contributed by atoms with Crippen LogP contribution in [0.4, 0.5) is 11.4 Å². The predicted molar refractivity (Wildman–Crippen MR) is 89.3 cm³/mol. The number of phenols is 1. The molecular weight excluding hydrogens is 308 g/mol. The standard InChI is InChI=1S/C18H18N2O4/c1-2-3-10-24-18(23)13-4-6-15(7-5-13)19-20-16-8-9-17(22)14(11-16)12-21/h4-9,11-12,22H,2-3,10H2,1H3. The van der Waals surface area contributed by atoms with E-state index in [9.17, 15) is 14.7 Å². The van der Waals surface area contributed by atoms with Gasteiger partial charge in [-0.05, 0) is 48.9 Å². The van der Waals surface area contributed by atoms with Crippen LogP contribution in [0.5, 0.6) is 5.75 Å². The SMILES string of the molecule is CCCCOC(=O)c1ccc(N=Nc2ccc(O)c(C=O)c2)cc1. The first-order chi connectivity index (χ1) is 11.6. The summed E-state index contributed by atoms with van der Waals surface area (Å²) in [7, 11) is 0. The topological polar surface area (TPSA) is 88.3 Å². The second kappa shape index (κ2) is 8.57. The molecule has 24 heavy (non-hydrogen) atoms. The van der Waals surface area contributed by atoms with Crippen molar-refractivity contribution in [3.05, 3.63) is 53.6 Å². The number of carbonyl (C=O) groups is 2. The fourth-order valence-corrected chi connectivity index (χ4v) is 1.87. The first kappa shape index (κ1) is 17.3. The molecule has 124 valence electrons. The number of hydrogen-bond acceptors (Lipinski definition) is 6. The summed E-state index contributed by atoms with van der Waals surface area (Å²) in [5, 5.41) is 17.5. The summed E-state index contributed by atoms with van der Waals surface area (Å²) in [5.74, 6) is -0.462. The predicted octanol–water partition coefficient (Wildman–Crippen LogP) is 4.58. The van der Waals surface area contributed by atoms with Crippen LogP contribution < -0.4 is 0 Å². The molecule has 0 fully saturated rings. The van der Waals surface area contributed by atoms with Crippen LogP contribution in [0.3, 0.4) is 0 Å². The Morgan fingerprint density at radius 3 is 2.46 bits per heavy atom. The first-order valence-corrected chi connectivity index (χ1v) is 7.61. The van der Waals surface area contributed by atoms with E-state index >= 15 is 0 Å². The van der Waals surface area contributed by atoms with E-state index in [1.54, 1.807) is 30.3 Å². The van der Waals surface area contributed by atoms with Crippen LogP contribution in [0.15, 0.2) is 52.7 Å². The van der Waals surface area contributed by atoms with Gasteiger partial charge in [0.05, 0.1) is 29.1 Å². The van der Waals surface area contributed by atoms with Crippen molar-refractivity contribution in [1.82, 2.24) is 0 Å². The molecule has 0 saturated heterocycles. The molecule has 2 rings (SSSR count). The molecule has 6 nitrogen and oxygen atoms in total. The molecule has 6 heteroatoms. The molecule has 0 bridgehead atoms. The van der Waals surface area contributed by atoms with E-state index in [2.05, 4.69) is 10.2 Å². The van der Waals surface area contributed by atoms with Gasteiger partial charge < -0.3 is 9.84 Å². The Bertz CT molecular complexity index is 739. The van der Waals surface area contributed by atoms with Gasteiger partial charge in [-0.1, -0.05) is 13.3 Å². The fourth-order valence-electron chi connectivity index (χ4n) is 1.87. The van der Waals surface area contributed by atoms with Crippen molar-refractivity contribution < 1.29 is 19.4 Å². The van der Waals surface area contributed by atoms with Gasteiger partial charge in [-0.2, -0.15) is 10.2 Å². The number of ether oxygens (including phenoxy) is 1. The van der Waals surface area contributed by atoms with Gasteiger partial charge in [-0.3, -0.25) is 4.79 Å². The molecule has 0 aliphatic heterocycles. The molecular formula is C18H18N2O4. The second-order valence-electron chi connectivity index (χ2n) is 5.10. The molecule has 0 heterocycles. The number of unbranched alkanes of at least 4 members (excludes halogenated alkanes) is 1. The maximum atomic E-state index is 11.8. The number of aldehydes is 1. The van der Waals surface area contributed by atoms with Gasteiger partial charge >= 0.3 is 5.97 Å². The van der Waals surface area contributed by atoms with E-state index in [0.717, 1.165) is 12.8 Å². The molecule has 1 N–H and O–H groups in total. The summed E-state index contributed by atoms with van der Waals surface area (Å²) in [5.41, 5.74) is 1.60. The lowest BCUT2D eigenvalue weighted by Crippen LogP contribution is -2.05. The number of carbonyl (C=O) groups excluding carboxylic acids is 2. The third-order valence-corrected chi connectivity index (χ3v) is 3.25. The lowest BCUT2D eigenvalue weighted by molar-refractivity contribution is 0.0499. The summed E-state index contributed by atoms with van der Waals surface area (Å²) >= 11 is 0. The third-order valence-electron chi connectivity index (χ3n) is 3.25. The van der Waals surface area contributed by atoms with Crippen LogP contribution >= 0.6 is 0 Å². The maximum absolute atomic E-state index is 11.8. The minimum absolute atomic E-state index is 0.102. The van der Waals surface area contributed by atoms with Gasteiger partial charge in [-0.25, -0.2) is 4.79 Å². The number of phenolic OH excluding ortho intramolecular Hbond substituents is 1. The molecule has 0 radical (unpaired) electrons. The van der Waals surface area contributed by atoms with Gasteiger partial charge in [0.15, 0.2) is 6.29 Å². The zero-order valence-corrected chi connectivity index (χ0v) is 13.3. The van der Waals surface area contributed by atoms with E-state index < -0.39 is 0 Å². The van der Waals surface area contributed by atoms with Crippen molar-refractivity contribution in [3.8, 4) is 5.75 Å². The summed E-state index contributed by atoms with van der Waals surface area (Å²) in [6, 6.07) is 10.9. The van der Waals surface area contributed by atoms with Crippen LogP contribution in [-0.4, -0.2) is 24.0 Å². The Labute approximate surface area is 139 Å². The van der Waals surface area contributed by atoms with Crippen LogP contribution in [-0.2, 0) is 4.74 Å². The Morgan fingerprint density at radius 2 is 1.79 bits per heavy atom. The number of hydrogen-bond donors (Lipinski definition) is 1. The summed E-state index contributed by atoms with van der Waals surface area (Å²) in [6.45, 7) is 2.44. The monoisotopic (exact) mass is 326 g/mol.